The summed E-state index contributed by atoms with van der Waals surface area (Å²) in [4.78, 5) is 2.75. The second-order valence-electron chi connectivity index (χ2n) is 7.52. The molecule has 1 aliphatic heterocycles. The molecule has 20 heavy (non-hydrogen) atoms. The van der Waals surface area contributed by atoms with Gasteiger partial charge in [-0.2, -0.15) is 0 Å². The molecule has 2 fully saturated rings. The highest BCUT2D eigenvalue weighted by Crippen LogP contribution is 2.30. The fourth-order valence-electron chi connectivity index (χ4n) is 4.13. The normalized spacial score (nSPS) is 37.4. The SMILES string of the molecule is CCC1CCN(CCC2CCCC(C)C2)CCC(C)N1. The summed E-state index contributed by atoms with van der Waals surface area (Å²) in [5.41, 5.74) is 0. The minimum atomic E-state index is 0.692. The molecule has 2 aliphatic rings. The van der Waals surface area contributed by atoms with E-state index in [1.54, 1.807) is 0 Å². The van der Waals surface area contributed by atoms with E-state index in [1.165, 1.54) is 71.0 Å². The third-order valence-corrected chi connectivity index (χ3v) is 5.58. The minimum Gasteiger partial charge on any atom is -0.311 e. The molecule has 1 saturated carbocycles. The lowest BCUT2D eigenvalue weighted by molar-refractivity contribution is 0.182. The van der Waals surface area contributed by atoms with Gasteiger partial charge in [0.05, 0.1) is 0 Å². The molecule has 0 radical (unpaired) electrons. The molecule has 2 rings (SSSR count). The average molecular weight is 280 g/mol. The van der Waals surface area contributed by atoms with Crippen LogP contribution in [0, 0.1) is 11.8 Å². The van der Waals surface area contributed by atoms with Gasteiger partial charge in [-0.05, 0) is 70.5 Å². The van der Waals surface area contributed by atoms with Gasteiger partial charge in [0.1, 0.15) is 0 Å². The van der Waals surface area contributed by atoms with Crippen molar-refractivity contribution in [1.29, 1.82) is 0 Å². The summed E-state index contributed by atoms with van der Waals surface area (Å²) in [5, 5.41) is 3.77. The molecule has 118 valence electrons. The van der Waals surface area contributed by atoms with Gasteiger partial charge in [-0.3, -0.25) is 0 Å². The Bertz CT molecular complexity index is 266. The molecular formula is C18H36N2. The molecule has 2 heteroatoms. The van der Waals surface area contributed by atoms with Crippen molar-refractivity contribution in [2.24, 2.45) is 11.8 Å². The number of hydrogen-bond donors (Lipinski definition) is 1. The van der Waals surface area contributed by atoms with E-state index in [0.29, 0.717) is 6.04 Å². The zero-order chi connectivity index (χ0) is 14.4. The fourth-order valence-corrected chi connectivity index (χ4v) is 4.13. The van der Waals surface area contributed by atoms with E-state index in [1.807, 2.05) is 0 Å². The van der Waals surface area contributed by atoms with Crippen LogP contribution in [-0.4, -0.2) is 36.6 Å². The van der Waals surface area contributed by atoms with Crippen LogP contribution < -0.4 is 5.32 Å². The van der Waals surface area contributed by atoms with Crippen molar-refractivity contribution in [3.63, 3.8) is 0 Å². The number of hydrogen-bond acceptors (Lipinski definition) is 2. The molecule has 4 unspecified atom stereocenters. The Morgan fingerprint density at radius 1 is 1.05 bits per heavy atom. The van der Waals surface area contributed by atoms with Crippen molar-refractivity contribution in [2.45, 2.75) is 84.2 Å². The molecule has 1 heterocycles. The lowest BCUT2D eigenvalue weighted by atomic mass is 9.81. The summed E-state index contributed by atoms with van der Waals surface area (Å²) in [6.45, 7) is 11.1. The molecular weight excluding hydrogens is 244 g/mol. The van der Waals surface area contributed by atoms with Crippen LogP contribution in [0.5, 0.6) is 0 Å². The summed E-state index contributed by atoms with van der Waals surface area (Å²) in [7, 11) is 0. The van der Waals surface area contributed by atoms with E-state index >= 15 is 0 Å². The summed E-state index contributed by atoms with van der Waals surface area (Å²) in [6.07, 6.45) is 11.3. The topological polar surface area (TPSA) is 15.3 Å². The van der Waals surface area contributed by atoms with Gasteiger partial charge in [-0.15, -0.1) is 0 Å². The smallest absolute Gasteiger partial charge is 0.00790 e. The Morgan fingerprint density at radius 3 is 2.60 bits per heavy atom. The highest BCUT2D eigenvalue weighted by Gasteiger charge is 2.21. The van der Waals surface area contributed by atoms with E-state index < -0.39 is 0 Å². The second-order valence-corrected chi connectivity index (χ2v) is 7.52. The van der Waals surface area contributed by atoms with Crippen molar-refractivity contribution >= 4 is 0 Å². The van der Waals surface area contributed by atoms with E-state index in [9.17, 15) is 0 Å². The number of rotatable bonds is 4. The van der Waals surface area contributed by atoms with Crippen LogP contribution in [0.3, 0.4) is 0 Å². The van der Waals surface area contributed by atoms with Crippen LogP contribution in [0.15, 0.2) is 0 Å². The quantitative estimate of drug-likeness (QED) is 0.835. The molecule has 0 aromatic rings. The first-order valence-electron chi connectivity index (χ1n) is 9.15. The standard InChI is InChI=1S/C18H36N2/c1-4-18-10-13-20(11-8-16(3)19-18)12-9-17-7-5-6-15(2)14-17/h15-19H,4-14H2,1-3H3. The Kier molecular flexibility index (Phi) is 6.83. The first-order chi connectivity index (χ1) is 9.67. The van der Waals surface area contributed by atoms with Crippen molar-refractivity contribution < 1.29 is 0 Å². The fraction of sp³-hybridized carbons (Fsp3) is 1.00. The van der Waals surface area contributed by atoms with Gasteiger partial charge in [0.25, 0.3) is 0 Å². The van der Waals surface area contributed by atoms with Crippen LogP contribution in [0.25, 0.3) is 0 Å². The van der Waals surface area contributed by atoms with Crippen molar-refractivity contribution in [1.82, 2.24) is 10.2 Å². The molecule has 1 saturated heterocycles. The molecule has 0 aromatic carbocycles. The predicted octanol–water partition coefficient (Wildman–Crippen LogP) is 4.06. The average Bonchev–Trinajstić information content (AvgIpc) is 2.42. The minimum absolute atomic E-state index is 0.692. The molecule has 0 amide bonds. The molecule has 0 aromatic heterocycles. The van der Waals surface area contributed by atoms with E-state index in [2.05, 4.69) is 31.0 Å². The monoisotopic (exact) mass is 280 g/mol. The lowest BCUT2D eigenvalue weighted by Gasteiger charge is -2.33. The maximum absolute atomic E-state index is 3.77. The summed E-state index contributed by atoms with van der Waals surface area (Å²) < 4.78 is 0. The van der Waals surface area contributed by atoms with Gasteiger partial charge >= 0.3 is 0 Å². The first-order valence-corrected chi connectivity index (χ1v) is 9.15. The molecule has 2 nitrogen and oxygen atoms in total. The van der Waals surface area contributed by atoms with Gasteiger partial charge in [-0.25, -0.2) is 0 Å². The highest BCUT2D eigenvalue weighted by atomic mass is 15.1. The van der Waals surface area contributed by atoms with Gasteiger partial charge in [0.2, 0.25) is 0 Å². The Hall–Kier alpha value is -0.0800. The van der Waals surface area contributed by atoms with Gasteiger partial charge in [0.15, 0.2) is 0 Å². The van der Waals surface area contributed by atoms with Crippen LogP contribution in [0.2, 0.25) is 0 Å². The summed E-state index contributed by atoms with van der Waals surface area (Å²) in [6, 6.07) is 1.43. The maximum Gasteiger partial charge on any atom is 0.00790 e. The molecule has 1 N–H and O–H groups in total. The van der Waals surface area contributed by atoms with Crippen LogP contribution in [0.4, 0.5) is 0 Å². The second kappa shape index (κ2) is 8.38. The third kappa shape index (κ3) is 5.37. The number of nitrogens with one attached hydrogen (secondary N) is 1. The largest absolute Gasteiger partial charge is 0.311 e. The lowest BCUT2D eigenvalue weighted by Crippen LogP contribution is -2.44. The van der Waals surface area contributed by atoms with E-state index in [4.69, 9.17) is 0 Å². The van der Waals surface area contributed by atoms with Crippen LogP contribution in [0.1, 0.15) is 72.1 Å². The highest BCUT2D eigenvalue weighted by molar-refractivity contribution is 4.78. The molecule has 0 bridgehead atoms. The zero-order valence-electron chi connectivity index (χ0n) is 14.0. The van der Waals surface area contributed by atoms with Crippen LogP contribution in [-0.2, 0) is 0 Å². The van der Waals surface area contributed by atoms with Crippen LogP contribution >= 0.6 is 0 Å². The summed E-state index contributed by atoms with van der Waals surface area (Å²) in [5.74, 6) is 2.00. The Balaban J connectivity index is 1.73. The van der Waals surface area contributed by atoms with Gasteiger partial charge in [-0.1, -0.05) is 33.1 Å². The maximum atomic E-state index is 3.77. The Labute approximate surface area is 126 Å². The zero-order valence-corrected chi connectivity index (χ0v) is 14.0. The van der Waals surface area contributed by atoms with Gasteiger partial charge in [0, 0.05) is 12.1 Å². The molecule has 4 atom stereocenters. The van der Waals surface area contributed by atoms with E-state index in [0.717, 1.165) is 17.9 Å². The molecule has 1 aliphatic carbocycles. The predicted molar refractivity (Wildman–Crippen MR) is 88.1 cm³/mol. The van der Waals surface area contributed by atoms with Crippen molar-refractivity contribution in [2.75, 3.05) is 19.6 Å². The summed E-state index contributed by atoms with van der Waals surface area (Å²) >= 11 is 0. The molecule has 0 spiro atoms. The van der Waals surface area contributed by atoms with Crippen molar-refractivity contribution in [3.05, 3.63) is 0 Å². The van der Waals surface area contributed by atoms with Crippen molar-refractivity contribution in [3.8, 4) is 0 Å². The Morgan fingerprint density at radius 2 is 1.85 bits per heavy atom. The first kappa shape index (κ1) is 16.3. The van der Waals surface area contributed by atoms with E-state index in [-0.39, 0.29) is 0 Å². The number of nitrogens with zero attached hydrogens (tertiary/aromatic N) is 1. The third-order valence-electron chi connectivity index (χ3n) is 5.58. The van der Waals surface area contributed by atoms with Gasteiger partial charge < -0.3 is 10.2 Å².